The number of aliphatic carboxylic acids is 1. The van der Waals surface area contributed by atoms with Gasteiger partial charge < -0.3 is 19.0 Å². The number of aryl methyl sites for hydroxylation is 1. The van der Waals surface area contributed by atoms with Crippen LogP contribution in [0.1, 0.15) is 36.3 Å². The zero-order valence-corrected chi connectivity index (χ0v) is 17.9. The standard InChI is InChI=1S/C25H27NO5/c1-17-22(26-23(31-17)19-6-10-20(29-2)11-7-19)12-15-30-21-8-4-18(5-9-21)16-25(24(27)28)13-3-14-25/h4-11H,3,12-16H2,1-2H3,(H,27,28). The number of hydrogen-bond donors (Lipinski definition) is 1. The first kappa shape index (κ1) is 21.0. The summed E-state index contributed by atoms with van der Waals surface area (Å²) in [4.78, 5) is 16.2. The number of nitrogens with zero attached hydrogens (tertiary/aromatic N) is 1. The Balaban J connectivity index is 1.32. The maximum absolute atomic E-state index is 11.6. The van der Waals surface area contributed by atoms with Gasteiger partial charge in [-0.1, -0.05) is 18.6 Å². The Labute approximate surface area is 181 Å². The van der Waals surface area contributed by atoms with E-state index in [0.717, 1.165) is 53.3 Å². The van der Waals surface area contributed by atoms with Gasteiger partial charge in [0, 0.05) is 12.0 Å². The summed E-state index contributed by atoms with van der Waals surface area (Å²) >= 11 is 0. The summed E-state index contributed by atoms with van der Waals surface area (Å²) in [5.74, 6) is 2.24. The Morgan fingerprint density at radius 1 is 1.10 bits per heavy atom. The summed E-state index contributed by atoms with van der Waals surface area (Å²) < 4.78 is 16.9. The van der Waals surface area contributed by atoms with Gasteiger partial charge in [0.05, 0.1) is 24.8 Å². The van der Waals surface area contributed by atoms with Crippen molar-refractivity contribution in [2.24, 2.45) is 5.41 Å². The van der Waals surface area contributed by atoms with Crippen molar-refractivity contribution in [2.75, 3.05) is 13.7 Å². The lowest BCUT2D eigenvalue weighted by molar-refractivity contribution is -0.154. The van der Waals surface area contributed by atoms with Crippen LogP contribution in [0.15, 0.2) is 52.9 Å². The van der Waals surface area contributed by atoms with E-state index in [-0.39, 0.29) is 0 Å². The second kappa shape index (κ2) is 8.84. The van der Waals surface area contributed by atoms with E-state index in [4.69, 9.17) is 13.9 Å². The topological polar surface area (TPSA) is 81.8 Å². The molecule has 0 spiro atoms. The Morgan fingerprint density at radius 3 is 2.35 bits per heavy atom. The minimum atomic E-state index is -0.684. The first-order valence-corrected chi connectivity index (χ1v) is 10.5. The van der Waals surface area contributed by atoms with Crippen LogP contribution < -0.4 is 9.47 Å². The molecule has 0 radical (unpaired) electrons. The minimum absolute atomic E-state index is 0.480. The van der Waals surface area contributed by atoms with Crippen LogP contribution in [0.25, 0.3) is 11.5 Å². The van der Waals surface area contributed by atoms with Crippen molar-refractivity contribution in [3.05, 3.63) is 65.5 Å². The lowest BCUT2D eigenvalue weighted by Crippen LogP contribution is -2.39. The molecule has 31 heavy (non-hydrogen) atoms. The van der Waals surface area contributed by atoms with Gasteiger partial charge in [-0.05, 0) is 68.1 Å². The van der Waals surface area contributed by atoms with E-state index in [0.29, 0.717) is 25.3 Å². The normalized spacial score (nSPS) is 14.6. The Hall–Kier alpha value is -3.28. The molecule has 1 saturated carbocycles. The third-order valence-corrected chi connectivity index (χ3v) is 6.07. The molecule has 0 bridgehead atoms. The Morgan fingerprint density at radius 2 is 1.77 bits per heavy atom. The van der Waals surface area contributed by atoms with Gasteiger partial charge in [0.25, 0.3) is 0 Å². The van der Waals surface area contributed by atoms with E-state index < -0.39 is 11.4 Å². The molecule has 0 aliphatic heterocycles. The van der Waals surface area contributed by atoms with E-state index >= 15 is 0 Å². The highest BCUT2D eigenvalue weighted by Crippen LogP contribution is 2.44. The van der Waals surface area contributed by atoms with E-state index in [1.54, 1.807) is 7.11 Å². The summed E-state index contributed by atoms with van der Waals surface area (Å²) in [6, 6.07) is 15.3. The van der Waals surface area contributed by atoms with Crippen LogP contribution in [0.2, 0.25) is 0 Å². The molecule has 6 heteroatoms. The molecule has 1 heterocycles. The molecule has 1 aliphatic carbocycles. The van der Waals surface area contributed by atoms with Crippen molar-refractivity contribution in [3.63, 3.8) is 0 Å². The summed E-state index contributed by atoms with van der Waals surface area (Å²) in [5.41, 5.74) is 2.23. The molecule has 1 aromatic heterocycles. The maximum Gasteiger partial charge on any atom is 0.309 e. The van der Waals surface area contributed by atoms with Crippen LogP contribution in [0.5, 0.6) is 11.5 Å². The molecule has 2 aromatic carbocycles. The maximum atomic E-state index is 11.6. The molecule has 0 saturated heterocycles. The SMILES string of the molecule is COc1ccc(-c2nc(CCOc3ccc(CC4(C(=O)O)CCC4)cc3)c(C)o2)cc1. The van der Waals surface area contributed by atoms with E-state index in [1.165, 1.54) is 0 Å². The number of ether oxygens (including phenoxy) is 2. The fourth-order valence-corrected chi connectivity index (χ4v) is 3.95. The highest BCUT2D eigenvalue weighted by atomic mass is 16.5. The predicted molar refractivity (Wildman–Crippen MR) is 116 cm³/mol. The van der Waals surface area contributed by atoms with Crippen LogP contribution in [0.4, 0.5) is 0 Å². The largest absolute Gasteiger partial charge is 0.497 e. The quantitative estimate of drug-likeness (QED) is 0.519. The van der Waals surface area contributed by atoms with Crippen molar-refractivity contribution in [2.45, 2.75) is 39.0 Å². The van der Waals surface area contributed by atoms with Gasteiger partial charge in [0.1, 0.15) is 17.3 Å². The van der Waals surface area contributed by atoms with Gasteiger partial charge in [0.2, 0.25) is 5.89 Å². The smallest absolute Gasteiger partial charge is 0.309 e. The molecular formula is C25H27NO5. The molecule has 1 N–H and O–H groups in total. The fourth-order valence-electron chi connectivity index (χ4n) is 3.95. The zero-order chi connectivity index (χ0) is 21.8. The number of rotatable bonds is 9. The lowest BCUT2D eigenvalue weighted by atomic mass is 9.65. The average Bonchev–Trinajstić information content (AvgIpc) is 3.12. The number of carboxylic acid groups (broad SMARTS) is 1. The molecular weight excluding hydrogens is 394 g/mol. The van der Waals surface area contributed by atoms with Crippen LogP contribution in [-0.4, -0.2) is 29.8 Å². The summed E-state index contributed by atoms with van der Waals surface area (Å²) in [6.45, 7) is 2.39. The van der Waals surface area contributed by atoms with E-state index in [1.807, 2.05) is 55.5 Å². The van der Waals surface area contributed by atoms with Crippen LogP contribution in [0, 0.1) is 12.3 Å². The van der Waals surface area contributed by atoms with Crippen molar-refractivity contribution in [1.82, 2.24) is 4.98 Å². The highest BCUT2D eigenvalue weighted by Gasteiger charge is 2.44. The fraction of sp³-hybridized carbons (Fsp3) is 0.360. The first-order chi connectivity index (χ1) is 15.0. The Bertz CT molecular complexity index is 1030. The molecule has 6 nitrogen and oxygen atoms in total. The summed E-state index contributed by atoms with van der Waals surface area (Å²) in [6.07, 6.45) is 3.73. The molecule has 162 valence electrons. The third-order valence-electron chi connectivity index (χ3n) is 6.07. The summed E-state index contributed by atoms with van der Waals surface area (Å²) in [5, 5.41) is 9.50. The van der Waals surface area contributed by atoms with Gasteiger partial charge in [-0.25, -0.2) is 4.98 Å². The minimum Gasteiger partial charge on any atom is -0.497 e. The number of methoxy groups -OCH3 is 1. The molecule has 0 atom stereocenters. The van der Waals surface area contributed by atoms with Crippen molar-refractivity contribution >= 4 is 5.97 Å². The van der Waals surface area contributed by atoms with Gasteiger partial charge in [-0.3, -0.25) is 4.79 Å². The second-order valence-corrected chi connectivity index (χ2v) is 8.11. The van der Waals surface area contributed by atoms with Gasteiger partial charge >= 0.3 is 5.97 Å². The van der Waals surface area contributed by atoms with Crippen molar-refractivity contribution in [1.29, 1.82) is 0 Å². The Kier molecular flexibility index (Phi) is 5.98. The lowest BCUT2D eigenvalue weighted by Gasteiger charge is -2.37. The molecule has 0 unspecified atom stereocenters. The van der Waals surface area contributed by atoms with Gasteiger partial charge in [-0.15, -0.1) is 0 Å². The number of hydrogen-bond acceptors (Lipinski definition) is 5. The highest BCUT2D eigenvalue weighted by molar-refractivity contribution is 5.76. The first-order valence-electron chi connectivity index (χ1n) is 10.5. The predicted octanol–water partition coefficient (Wildman–Crippen LogP) is 5.08. The van der Waals surface area contributed by atoms with Crippen LogP contribution in [0.3, 0.4) is 0 Å². The number of oxazole rings is 1. The zero-order valence-electron chi connectivity index (χ0n) is 17.9. The van der Waals surface area contributed by atoms with Gasteiger partial charge in [0.15, 0.2) is 0 Å². The molecule has 1 fully saturated rings. The number of carbonyl (C=O) groups is 1. The molecule has 4 rings (SSSR count). The summed E-state index contributed by atoms with van der Waals surface area (Å²) in [7, 11) is 1.64. The number of carboxylic acids is 1. The molecule has 0 amide bonds. The third kappa shape index (κ3) is 4.58. The van der Waals surface area contributed by atoms with Crippen LogP contribution in [-0.2, 0) is 17.6 Å². The average molecular weight is 421 g/mol. The number of aromatic nitrogens is 1. The monoisotopic (exact) mass is 421 g/mol. The number of benzene rings is 2. The molecule has 1 aliphatic rings. The van der Waals surface area contributed by atoms with Crippen molar-refractivity contribution in [3.8, 4) is 23.0 Å². The van der Waals surface area contributed by atoms with E-state index in [2.05, 4.69) is 4.98 Å². The second-order valence-electron chi connectivity index (χ2n) is 8.11. The van der Waals surface area contributed by atoms with Crippen LogP contribution >= 0.6 is 0 Å². The van der Waals surface area contributed by atoms with Gasteiger partial charge in [-0.2, -0.15) is 0 Å². The molecule has 3 aromatic rings. The van der Waals surface area contributed by atoms with E-state index in [9.17, 15) is 9.90 Å². The van der Waals surface area contributed by atoms with Crippen molar-refractivity contribution < 1.29 is 23.8 Å².